The Bertz CT molecular complexity index is 361. The zero-order valence-electron chi connectivity index (χ0n) is 9.19. The smallest absolute Gasteiger partial charge is 0.186 e. The number of hydrogen-bond donors (Lipinski definition) is 0. The lowest BCUT2D eigenvalue weighted by atomic mass is 10.00. The van der Waals surface area contributed by atoms with Gasteiger partial charge in [-0.2, -0.15) is 0 Å². The Kier molecular flexibility index (Phi) is 3.05. The second-order valence-corrected chi connectivity index (χ2v) is 4.92. The van der Waals surface area contributed by atoms with E-state index in [1.54, 1.807) is 18.3 Å². The molecule has 1 unspecified atom stereocenters. The lowest BCUT2D eigenvalue weighted by Crippen LogP contribution is -2.43. The van der Waals surface area contributed by atoms with Crippen molar-refractivity contribution >= 4 is 22.3 Å². The summed E-state index contributed by atoms with van der Waals surface area (Å²) in [6.07, 6.45) is 3.31. The van der Waals surface area contributed by atoms with Crippen LogP contribution in [-0.4, -0.2) is 23.4 Å². The summed E-state index contributed by atoms with van der Waals surface area (Å²) in [4.78, 5) is 18.2. The number of anilines is 1. The summed E-state index contributed by atoms with van der Waals surface area (Å²) in [6, 6.07) is 0.0595. The number of piperidine rings is 1. The quantitative estimate of drug-likeness (QED) is 0.773. The van der Waals surface area contributed by atoms with Crippen LogP contribution in [0.4, 0.5) is 5.13 Å². The van der Waals surface area contributed by atoms with Gasteiger partial charge >= 0.3 is 0 Å². The predicted molar refractivity (Wildman–Crippen MR) is 62.5 cm³/mol. The van der Waals surface area contributed by atoms with Crippen molar-refractivity contribution in [2.75, 3.05) is 11.4 Å². The molecule has 3 nitrogen and oxygen atoms in total. The summed E-state index contributed by atoms with van der Waals surface area (Å²) in [7, 11) is 0. The summed E-state index contributed by atoms with van der Waals surface area (Å²) in [5, 5.41) is 3.05. The maximum atomic E-state index is 11.5. The molecule has 2 rings (SSSR count). The number of ketones is 1. The minimum atomic E-state index is 0.0595. The fourth-order valence-corrected chi connectivity index (χ4v) is 2.94. The minimum absolute atomic E-state index is 0.0595. The highest BCUT2D eigenvalue weighted by Crippen LogP contribution is 2.27. The van der Waals surface area contributed by atoms with Gasteiger partial charge in [-0.3, -0.25) is 4.79 Å². The van der Waals surface area contributed by atoms with Crippen molar-refractivity contribution < 1.29 is 4.79 Å². The zero-order chi connectivity index (χ0) is 10.8. The SMILES string of the molecule is CC(=O)C1CCCCN1c1nc(C)cs1. The third-order valence-corrected chi connectivity index (χ3v) is 3.82. The first-order valence-electron chi connectivity index (χ1n) is 5.37. The van der Waals surface area contributed by atoms with Crippen LogP contribution in [-0.2, 0) is 4.79 Å². The Morgan fingerprint density at radius 2 is 2.40 bits per heavy atom. The Balaban J connectivity index is 2.21. The first-order valence-corrected chi connectivity index (χ1v) is 6.25. The molecule has 1 atom stereocenters. The number of nitrogens with zero attached hydrogens (tertiary/aromatic N) is 2. The first kappa shape index (κ1) is 10.6. The Morgan fingerprint density at radius 3 is 3.00 bits per heavy atom. The molecule has 0 amide bonds. The number of rotatable bonds is 2. The third-order valence-electron chi connectivity index (χ3n) is 2.82. The molecule has 2 heterocycles. The van der Waals surface area contributed by atoms with Crippen LogP contribution >= 0.6 is 11.3 Å². The van der Waals surface area contributed by atoms with Crippen molar-refractivity contribution in [1.82, 2.24) is 4.98 Å². The number of aryl methyl sites for hydroxylation is 1. The average Bonchev–Trinajstić information content (AvgIpc) is 2.65. The molecule has 0 N–H and O–H groups in total. The predicted octanol–water partition coefficient (Wildman–Crippen LogP) is 2.40. The minimum Gasteiger partial charge on any atom is -0.338 e. The Labute approximate surface area is 94.1 Å². The maximum Gasteiger partial charge on any atom is 0.186 e. The van der Waals surface area contributed by atoms with Crippen molar-refractivity contribution in [3.8, 4) is 0 Å². The van der Waals surface area contributed by atoms with E-state index in [2.05, 4.69) is 9.88 Å². The molecule has 1 aliphatic rings. The molecule has 1 aromatic heterocycles. The van der Waals surface area contributed by atoms with Gasteiger partial charge in [-0.1, -0.05) is 0 Å². The highest BCUT2D eigenvalue weighted by Gasteiger charge is 2.27. The Hall–Kier alpha value is -0.900. The summed E-state index contributed by atoms with van der Waals surface area (Å²) < 4.78 is 0. The van der Waals surface area contributed by atoms with Gasteiger partial charge in [0.15, 0.2) is 10.9 Å². The monoisotopic (exact) mass is 224 g/mol. The van der Waals surface area contributed by atoms with E-state index in [0.29, 0.717) is 0 Å². The maximum absolute atomic E-state index is 11.5. The summed E-state index contributed by atoms with van der Waals surface area (Å²) in [5.74, 6) is 0.266. The van der Waals surface area contributed by atoms with Crippen LogP contribution in [0.5, 0.6) is 0 Å². The molecule has 0 aromatic carbocycles. The van der Waals surface area contributed by atoms with E-state index in [-0.39, 0.29) is 11.8 Å². The molecule has 0 aliphatic carbocycles. The van der Waals surface area contributed by atoms with Gasteiger partial charge in [-0.05, 0) is 33.1 Å². The highest BCUT2D eigenvalue weighted by atomic mass is 32.1. The molecule has 0 spiro atoms. The van der Waals surface area contributed by atoms with Crippen molar-refractivity contribution in [2.45, 2.75) is 39.2 Å². The number of Topliss-reactive ketones (excluding diaryl/α,β-unsaturated/α-hetero) is 1. The van der Waals surface area contributed by atoms with Crippen molar-refractivity contribution in [1.29, 1.82) is 0 Å². The molecule has 0 radical (unpaired) electrons. The van der Waals surface area contributed by atoms with Gasteiger partial charge in [0.25, 0.3) is 0 Å². The molecule has 1 saturated heterocycles. The standard InChI is InChI=1S/C11H16N2OS/c1-8-7-15-11(12-8)13-6-4-3-5-10(13)9(2)14/h7,10H,3-6H2,1-2H3. The molecular weight excluding hydrogens is 208 g/mol. The van der Waals surface area contributed by atoms with Crippen LogP contribution in [0.25, 0.3) is 0 Å². The van der Waals surface area contributed by atoms with Crippen LogP contribution in [0, 0.1) is 6.92 Å². The molecule has 1 fully saturated rings. The average molecular weight is 224 g/mol. The molecular formula is C11H16N2OS. The van der Waals surface area contributed by atoms with Gasteiger partial charge < -0.3 is 4.90 Å². The number of aromatic nitrogens is 1. The van der Waals surface area contributed by atoms with E-state index in [4.69, 9.17) is 0 Å². The van der Waals surface area contributed by atoms with Gasteiger partial charge in [-0.25, -0.2) is 4.98 Å². The first-order chi connectivity index (χ1) is 7.18. The molecule has 82 valence electrons. The summed E-state index contributed by atoms with van der Waals surface area (Å²) >= 11 is 1.64. The van der Waals surface area contributed by atoms with Crippen LogP contribution in [0.1, 0.15) is 31.9 Å². The van der Waals surface area contributed by atoms with E-state index >= 15 is 0 Å². The van der Waals surface area contributed by atoms with Crippen LogP contribution in [0.15, 0.2) is 5.38 Å². The normalized spacial score (nSPS) is 21.7. The third kappa shape index (κ3) is 2.20. The number of carbonyl (C=O) groups is 1. The fourth-order valence-electron chi connectivity index (χ4n) is 2.06. The molecule has 1 aliphatic heterocycles. The summed E-state index contributed by atoms with van der Waals surface area (Å²) in [5.41, 5.74) is 1.04. The highest BCUT2D eigenvalue weighted by molar-refractivity contribution is 7.13. The van der Waals surface area contributed by atoms with Crippen LogP contribution in [0.2, 0.25) is 0 Å². The Morgan fingerprint density at radius 1 is 1.60 bits per heavy atom. The van der Waals surface area contributed by atoms with Crippen molar-refractivity contribution in [3.63, 3.8) is 0 Å². The molecule has 4 heteroatoms. The van der Waals surface area contributed by atoms with Gasteiger partial charge in [0, 0.05) is 11.9 Å². The molecule has 15 heavy (non-hydrogen) atoms. The van der Waals surface area contributed by atoms with Crippen LogP contribution in [0.3, 0.4) is 0 Å². The van der Waals surface area contributed by atoms with Gasteiger partial charge in [-0.15, -0.1) is 11.3 Å². The van der Waals surface area contributed by atoms with Gasteiger partial charge in [0.05, 0.1) is 11.7 Å². The lowest BCUT2D eigenvalue weighted by Gasteiger charge is -2.33. The fraction of sp³-hybridized carbons (Fsp3) is 0.636. The van der Waals surface area contributed by atoms with E-state index in [1.165, 1.54) is 6.42 Å². The number of carbonyl (C=O) groups excluding carboxylic acids is 1. The summed E-state index contributed by atoms with van der Waals surface area (Å²) in [6.45, 7) is 4.65. The van der Waals surface area contributed by atoms with Gasteiger partial charge in [0.2, 0.25) is 0 Å². The number of thiazole rings is 1. The topological polar surface area (TPSA) is 33.2 Å². The van der Waals surface area contributed by atoms with E-state index in [9.17, 15) is 4.79 Å². The number of hydrogen-bond acceptors (Lipinski definition) is 4. The largest absolute Gasteiger partial charge is 0.338 e. The second kappa shape index (κ2) is 4.31. The van der Waals surface area contributed by atoms with E-state index < -0.39 is 0 Å². The van der Waals surface area contributed by atoms with Crippen molar-refractivity contribution in [3.05, 3.63) is 11.1 Å². The lowest BCUT2D eigenvalue weighted by molar-refractivity contribution is -0.118. The van der Waals surface area contributed by atoms with Gasteiger partial charge in [0.1, 0.15) is 0 Å². The molecule has 0 saturated carbocycles. The second-order valence-electron chi connectivity index (χ2n) is 4.09. The van der Waals surface area contributed by atoms with Crippen molar-refractivity contribution in [2.24, 2.45) is 0 Å². The zero-order valence-corrected chi connectivity index (χ0v) is 10.0. The molecule has 0 bridgehead atoms. The van der Waals surface area contributed by atoms with Crippen LogP contribution < -0.4 is 4.90 Å². The molecule has 1 aromatic rings. The van der Waals surface area contributed by atoms with E-state index in [1.807, 2.05) is 12.3 Å². The van der Waals surface area contributed by atoms with E-state index in [0.717, 1.165) is 30.2 Å².